The summed E-state index contributed by atoms with van der Waals surface area (Å²) < 4.78 is 0. The maximum absolute atomic E-state index is 9.29. The fourth-order valence-corrected chi connectivity index (χ4v) is 2.34. The second-order valence-electron chi connectivity index (χ2n) is 5.03. The Morgan fingerprint density at radius 2 is 1.95 bits per heavy atom. The Morgan fingerprint density at radius 1 is 1.10 bits per heavy atom. The van der Waals surface area contributed by atoms with Crippen LogP contribution < -0.4 is 5.32 Å². The number of hydrogen-bond donors (Lipinski definition) is 1. The number of nitrogens with one attached hydrogen (secondary N) is 1. The summed E-state index contributed by atoms with van der Waals surface area (Å²) in [6, 6.07) is 20.2. The second-order valence-corrected chi connectivity index (χ2v) is 5.03. The number of aryl methyl sites for hydroxylation is 1. The normalized spacial score (nSPS) is 10.3. The zero-order chi connectivity index (χ0) is 14.7. The Labute approximate surface area is 123 Å². The smallest absolute Gasteiger partial charge is 0.144 e. The summed E-state index contributed by atoms with van der Waals surface area (Å²) in [6.45, 7) is 2.72. The van der Waals surface area contributed by atoms with Crippen molar-refractivity contribution in [2.45, 2.75) is 13.5 Å². The lowest BCUT2D eigenvalue weighted by atomic mass is 10.1. The first-order chi connectivity index (χ1) is 10.3. The number of aromatic nitrogens is 1. The summed E-state index contributed by atoms with van der Waals surface area (Å²) >= 11 is 0. The van der Waals surface area contributed by atoms with Crippen LogP contribution in [0.25, 0.3) is 10.9 Å². The minimum Gasteiger partial charge on any atom is -0.365 e. The SMILES string of the molecule is Cc1cccc(CNc2nc3ccccc3cc2C#N)c1. The first kappa shape index (κ1) is 13.1. The number of nitriles is 1. The first-order valence-corrected chi connectivity index (χ1v) is 6.85. The van der Waals surface area contributed by atoms with Crippen molar-refractivity contribution < 1.29 is 0 Å². The molecule has 0 fully saturated rings. The zero-order valence-electron chi connectivity index (χ0n) is 11.8. The van der Waals surface area contributed by atoms with Crippen molar-refractivity contribution in [3.63, 3.8) is 0 Å². The summed E-state index contributed by atoms with van der Waals surface area (Å²) in [7, 11) is 0. The fourth-order valence-electron chi connectivity index (χ4n) is 2.34. The number of pyridine rings is 1. The highest BCUT2D eigenvalue weighted by molar-refractivity contribution is 5.82. The van der Waals surface area contributed by atoms with Crippen LogP contribution in [0.1, 0.15) is 16.7 Å². The lowest BCUT2D eigenvalue weighted by Gasteiger charge is -2.09. The number of nitrogens with zero attached hydrogens (tertiary/aromatic N) is 2. The van der Waals surface area contributed by atoms with Gasteiger partial charge in [-0.25, -0.2) is 4.98 Å². The largest absolute Gasteiger partial charge is 0.365 e. The zero-order valence-corrected chi connectivity index (χ0v) is 11.8. The molecule has 0 unspecified atom stereocenters. The summed E-state index contributed by atoms with van der Waals surface area (Å²) in [6.07, 6.45) is 0. The van der Waals surface area contributed by atoms with Gasteiger partial charge in [0, 0.05) is 11.9 Å². The van der Waals surface area contributed by atoms with Gasteiger partial charge in [-0.15, -0.1) is 0 Å². The van der Waals surface area contributed by atoms with Gasteiger partial charge in [0.05, 0.1) is 11.1 Å². The summed E-state index contributed by atoms with van der Waals surface area (Å²) in [4.78, 5) is 4.55. The van der Waals surface area contributed by atoms with E-state index in [1.807, 2.05) is 36.4 Å². The van der Waals surface area contributed by atoms with E-state index in [1.54, 1.807) is 0 Å². The van der Waals surface area contributed by atoms with Gasteiger partial charge in [0.1, 0.15) is 11.9 Å². The molecular formula is C18H15N3. The molecule has 0 aliphatic rings. The molecule has 21 heavy (non-hydrogen) atoms. The van der Waals surface area contributed by atoms with E-state index in [2.05, 4.69) is 41.5 Å². The Bertz CT molecular complexity index is 831. The van der Waals surface area contributed by atoms with E-state index in [0.29, 0.717) is 17.9 Å². The van der Waals surface area contributed by atoms with E-state index in [-0.39, 0.29) is 0 Å². The van der Waals surface area contributed by atoms with Crippen molar-refractivity contribution >= 4 is 16.7 Å². The van der Waals surface area contributed by atoms with Gasteiger partial charge in [0.25, 0.3) is 0 Å². The van der Waals surface area contributed by atoms with Crippen LogP contribution in [0.3, 0.4) is 0 Å². The van der Waals surface area contributed by atoms with Gasteiger partial charge < -0.3 is 5.32 Å². The summed E-state index contributed by atoms with van der Waals surface area (Å²) in [5.41, 5.74) is 3.86. The Morgan fingerprint density at radius 3 is 2.76 bits per heavy atom. The van der Waals surface area contributed by atoms with Gasteiger partial charge in [0.2, 0.25) is 0 Å². The molecule has 0 saturated heterocycles. The molecule has 2 aromatic carbocycles. The number of hydrogen-bond acceptors (Lipinski definition) is 3. The molecule has 0 bridgehead atoms. The Kier molecular flexibility index (Phi) is 3.53. The van der Waals surface area contributed by atoms with E-state index in [0.717, 1.165) is 10.9 Å². The van der Waals surface area contributed by atoms with Crippen molar-refractivity contribution in [3.8, 4) is 6.07 Å². The molecule has 0 radical (unpaired) electrons. The third kappa shape index (κ3) is 2.85. The monoisotopic (exact) mass is 273 g/mol. The quantitative estimate of drug-likeness (QED) is 0.783. The van der Waals surface area contributed by atoms with Crippen LogP contribution in [-0.4, -0.2) is 4.98 Å². The maximum atomic E-state index is 9.29. The predicted molar refractivity (Wildman–Crippen MR) is 85.0 cm³/mol. The molecule has 3 nitrogen and oxygen atoms in total. The van der Waals surface area contributed by atoms with Gasteiger partial charge in [-0.3, -0.25) is 0 Å². The standard InChI is InChI=1S/C18H15N3/c1-13-5-4-6-14(9-13)12-20-18-16(11-19)10-15-7-2-3-8-17(15)21-18/h2-10H,12H2,1H3,(H,20,21). The average molecular weight is 273 g/mol. The van der Waals surface area contributed by atoms with Crippen molar-refractivity contribution in [3.05, 3.63) is 71.3 Å². The lowest BCUT2D eigenvalue weighted by molar-refractivity contribution is 1.11. The molecule has 0 amide bonds. The van der Waals surface area contributed by atoms with E-state index in [9.17, 15) is 5.26 Å². The highest BCUT2D eigenvalue weighted by Crippen LogP contribution is 2.20. The third-order valence-electron chi connectivity index (χ3n) is 3.39. The molecule has 1 N–H and O–H groups in total. The highest BCUT2D eigenvalue weighted by atomic mass is 15.0. The highest BCUT2D eigenvalue weighted by Gasteiger charge is 2.06. The predicted octanol–water partition coefficient (Wildman–Crippen LogP) is 4.03. The summed E-state index contributed by atoms with van der Waals surface area (Å²) in [5.74, 6) is 0.637. The minimum absolute atomic E-state index is 0.571. The molecule has 0 atom stereocenters. The number of rotatable bonds is 3. The molecule has 0 saturated carbocycles. The first-order valence-electron chi connectivity index (χ1n) is 6.85. The van der Waals surface area contributed by atoms with Crippen molar-refractivity contribution in [1.29, 1.82) is 5.26 Å². The van der Waals surface area contributed by atoms with Crippen molar-refractivity contribution in [2.75, 3.05) is 5.32 Å². The maximum Gasteiger partial charge on any atom is 0.144 e. The fraction of sp³-hybridized carbons (Fsp3) is 0.111. The topological polar surface area (TPSA) is 48.7 Å². The van der Waals surface area contributed by atoms with E-state index in [1.165, 1.54) is 11.1 Å². The van der Waals surface area contributed by atoms with Crippen LogP contribution in [-0.2, 0) is 6.54 Å². The van der Waals surface area contributed by atoms with Crippen LogP contribution in [0.4, 0.5) is 5.82 Å². The summed E-state index contributed by atoms with van der Waals surface area (Å²) in [5, 5.41) is 13.5. The van der Waals surface area contributed by atoms with Crippen LogP contribution in [0.5, 0.6) is 0 Å². The van der Waals surface area contributed by atoms with Crippen LogP contribution in [0, 0.1) is 18.3 Å². The van der Waals surface area contributed by atoms with Crippen molar-refractivity contribution in [2.24, 2.45) is 0 Å². The molecule has 102 valence electrons. The van der Waals surface area contributed by atoms with Crippen LogP contribution in [0.15, 0.2) is 54.6 Å². The molecule has 3 aromatic rings. The number of fused-ring (bicyclic) bond motifs is 1. The van der Waals surface area contributed by atoms with Gasteiger partial charge >= 0.3 is 0 Å². The second kappa shape index (κ2) is 5.64. The molecule has 3 rings (SSSR count). The Hall–Kier alpha value is -2.86. The Balaban J connectivity index is 1.91. The number of para-hydroxylation sites is 1. The van der Waals surface area contributed by atoms with Gasteiger partial charge in [-0.1, -0.05) is 48.0 Å². The van der Waals surface area contributed by atoms with E-state index >= 15 is 0 Å². The minimum atomic E-state index is 0.571. The third-order valence-corrected chi connectivity index (χ3v) is 3.39. The van der Waals surface area contributed by atoms with Gasteiger partial charge in [-0.2, -0.15) is 5.26 Å². The number of benzene rings is 2. The van der Waals surface area contributed by atoms with Crippen LogP contribution >= 0.6 is 0 Å². The molecule has 0 aliphatic carbocycles. The van der Waals surface area contributed by atoms with Gasteiger partial charge in [-0.05, 0) is 24.6 Å². The van der Waals surface area contributed by atoms with E-state index in [4.69, 9.17) is 0 Å². The molecule has 1 aromatic heterocycles. The molecule has 3 heteroatoms. The van der Waals surface area contributed by atoms with Crippen LogP contribution in [0.2, 0.25) is 0 Å². The number of anilines is 1. The van der Waals surface area contributed by atoms with E-state index < -0.39 is 0 Å². The lowest BCUT2D eigenvalue weighted by Crippen LogP contribution is -2.04. The average Bonchev–Trinajstić information content (AvgIpc) is 2.52. The van der Waals surface area contributed by atoms with Crippen molar-refractivity contribution in [1.82, 2.24) is 4.98 Å². The molecule has 1 heterocycles. The molecule has 0 spiro atoms. The van der Waals surface area contributed by atoms with Gasteiger partial charge in [0.15, 0.2) is 0 Å². The molecule has 0 aliphatic heterocycles. The molecular weight excluding hydrogens is 258 g/mol.